The zero-order chi connectivity index (χ0) is 23.1. The van der Waals surface area contributed by atoms with Crippen LogP contribution in [0, 0.1) is 5.82 Å². The zero-order valence-corrected chi connectivity index (χ0v) is 17.4. The quantitative estimate of drug-likeness (QED) is 0.278. The SMILES string of the molecule is COc1ccc(/C(O)=C2\C(=O)C(=O)N(c3nc4ccc(F)cc4[nH]3)C2c2ccccc2)cc1. The molecular weight excluding hydrogens is 425 g/mol. The number of amides is 1. The normalized spacial score (nSPS) is 17.6. The van der Waals surface area contributed by atoms with E-state index in [4.69, 9.17) is 4.74 Å². The minimum atomic E-state index is -0.932. The molecule has 1 fully saturated rings. The van der Waals surface area contributed by atoms with Crippen LogP contribution in [-0.2, 0) is 9.59 Å². The average molecular weight is 443 g/mol. The van der Waals surface area contributed by atoms with Crippen LogP contribution in [-0.4, -0.2) is 33.9 Å². The second kappa shape index (κ2) is 7.90. The van der Waals surface area contributed by atoms with Gasteiger partial charge in [0.15, 0.2) is 0 Å². The number of halogens is 1. The number of carbonyl (C=O) groups is 2. The minimum Gasteiger partial charge on any atom is -0.507 e. The Labute approximate surface area is 187 Å². The number of aromatic nitrogens is 2. The van der Waals surface area contributed by atoms with Crippen molar-refractivity contribution in [3.8, 4) is 5.75 Å². The first kappa shape index (κ1) is 20.4. The number of rotatable bonds is 4. The van der Waals surface area contributed by atoms with Crippen LogP contribution in [0.25, 0.3) is 16.8 Å². The molecule has 3 aromatic carbocycles. The third-order valence-corrected chi connectivity index (χ3v) is 5.58. The number of ether oxygens (including phenoxy) is 1. The molecule has 0 saturated carbocycles. The topological polar surface area (TPSA) is 95.5 Å². The lowest BCUT2D eigenvalue weighted by molar-refractivity contribution is -0.132. The molecule has 1 aromatic heterocycles. The van der Waals surface area contributed by atoms with Gasteiger partial charge in [0.25, 0.3) is 5.78 Å². The first-order chi connectivity index (χ1) is 16.0. The highest BCUT2D eigenvalue weighted by atomic mass is 19.1. The molecule has 4 aromatic rings. The molecule has 5 rings (SSSR count). The Kier molecular flexibility index (Phi) is 4.90. The van der Waals surface area contributed by atoms with E-state index >= 15 is 0 Å². The highest BCUT2D eigenvalue weighted by molar-refractivity contribution is 6.51. The summed E-state index contributed by atoms with van der Waals surface area (Å²) in [5, 5.41) is 11.1. The summed E-state index contributed by atoms with van der Waals surface area (Å²) in [5.41, 5.74) is 1.73. The van der Waals surface area contributed by atoms with Crippen LogP contribution < -0.4 is 9.64 Å². The largest absolute Gasteiger partial charge is 0.507 e. The Hall–Kier alpha value is -4.46. The molecular formula is C25H18FN3O4. The summed E-state index contributed by atoms with van der Waals surface area (Å²) < 4.78 is 18.8. The number of aliphatic hydroxyl groups excluding tert-OH is 1. The number of aromatic amines is 1. The third-order valence-electron chi connectivity index (χ3n) is 5.58. The van der Waals surface area contributed by atoms with Crippen molar-refractivity contribution in [1.29, 1.82) is 0 Å². The maximum Gasteiger partial charge on any atom is 0.302 e. The number of ketones is 1. The van der Waals surface area contributed by atoms with Crippen LogP contribution in [0.15, 0.2) is 78.4 Å². The second-order valence-electron chi connectivity index (χ2n) is 7.53. The lowest BCUT2D eigenvalue weighted by atomic mass is 9.95. The van der Waals surface area contributed by atoms with Crippen molar-refractivity contribution in [2.45, 2.75) is 6.04 Å². The van der Waals surface area contributed by atoms with Crippen molar-refractivity contribution >= 4 is 34.4 Å². The molecule has 164 valence electrons. The van der Waals surface area contributed by atoms with Crippen LogP contribution in [0.4, 0.5) is 10.3 Å². The number of hydrogen-bond acceptors (Lipinski definition) is 5. The van der Waals surface area contributed by atoms with E-state index in [1.165, 1.54) is 30.2 Å². The van der Waals surface area contributed by atoms with Gasteiger partial charge in [0.2, 0.25) is 5.95 Å². The summed E-state index contributed by atoms with van der Waals surface area (Å²) >= 11 is 0. The number of carbonyl (C=O) groups excluding carboxylic acids is 2. The summed E-state index contributed by atoms with van der Waals surface area (Å²) in [6.45, 7) is 0. The molecule has 1 unspecified atom stereocenters. The number of nitrogens with zero attached hydrogens (tertiary/aromatic N) is 2. The molecule has 0 spiro atoms. The number of imidazole rings is 1. The van der Waals surface area contributed by atoms with Gasteiger partial charge >= 0.3 is 5.91 Å². The van der Waals surface area contributed by atoms with Crippen LogP contribution in [0.2, 0.25) is 0 Å². The molecule has 1 aliphatic heterocycles. The summed E-state index contributed by atoms with van der Waals surface area (Å²) in [6, 6.07) is 18.5. The Morgan fingerprint density at radius 3 is 2.48 bits per heavy atom. The van der Waals surface area contributed by atoms with E-state index in [9.17, 15) is 19.1 Å². The first-order valence-electron chi connectivity index (χ1n) is 10.1. The van der Waals surface area contributed by atoms with Gasteiger partial charge < -0.3 is 14.8 Å². The van der Waals surface area contributed by atoms with Crippen molar-refractivity contribution in [1.82, 2.24) is 9.97 Å². The van der Waals surface area contributed by atoms with Crippen LogP contribution in [0.1, 0.15) is 17.2 Å². The van der Waals surface area contributed by atoms with Crippen molar-refractivity contribution in [3.05, 3.63) is 95.3 Å². The molecule has 0 aliphatic carbocycles. The van der Waals surface area contributed by atoms with Gasteiger partial charge in [0.05, 0.1) is 29.8 Å². The van der Waals surface area contributed by atoms with Gasteiger partial charge in [-0.25, -0.2) is 9.37 Å². The van der Waals surface area contributed by atoms with Gasteiger partial charge in [0.1, 0.15) is 17.3 Å². The van der Waals surface area contributed by atoms with Gasteiger partial charge in [0, 0.05) is 5.56 Å². The van der Waals surface area contributed by atoms with Crippen molar-refractivity contribution in [2.24, 2.45) is 0 Å². The molecule has 0 radical (unpaired) electrons. The Morgan fingerprint density at radius 1 is 1.06 bits per heavy atom. The Balaban J connectivity index is 1.70. The molecule has 2 N–H and O–H groups in total. The molecule has 7 nitrogen and oxygen atoms in total. The molecule has 33 heavy (non-hydrogen) atoms. The second-order valence-corrected chi connectivity index (χ2v) is 7.53. The van der Waals surface area contributed by atoms with Crippen LogP contribution >= 0.6 is 0 Å². The highest BCUT2D eigenvalue weighted by Gasteiger charge is 2.48. The predicted octanol–water partition coefficient (Wildman–Crippen LogP) is 4.34. The summed E-state index contributed by atoms with van der Waals surface area (Å²) in [6.07, 6.45) is 0. The van der Waals surface area contributed by atoms with E-state index in [1.54, 1.807) is 48.5 Å². The van der Waals surface area contributed by atoms with Crippen molar-refractivity contribution < 1.29 is 23.8 Å². The molecule has 2 heterocycles. The van der Waals surface area contributed by atoms with Gasteiger partial charge in [-0.3, -0.25) is 14.5 Å². The van der Waals surface area contributed by atoms with E-state index < -0.39 is 23.5 Å². The van der Waals surface area contributed by atoms with Gasteiger partial charge in [-0.15, -0.1) is 0 Å². The van der Waals surface area contributed by atoms with E-state index in [1.807, 2.05) is 6.07 Å². The first-order valence-corrected chi connectivity index (χ1v) is 10.1. The third kappa shape index (κ3) is 3.41. The summed E-state index contributed by atoms with van der Waals surface area (Å²) in [4.78, 5) is 34.8. The minimum absolute atomic E-state index is 0.0667. The number of nitrogens with one attached hydrogen (secondary N) is 1. The van der Waals surface area contributed by atoms with Gasteiger partial charge in [-0.05, 0) is 48.0 Å². The molecule has 1 saturated heterocycles. The van der Waals surface area contributed by atoms with E-state index in [-0.39, 0.29) is 17.3 Å². The van der Waals surface area contributed by atoms with Crippen LogP contribution in [0.3, 0.4) is 0 Å². The fourth-order valence-electron chi connectivity index (χ4n) is 3.99. The number of anilines is 1. The number of aliphatic hydroxyl groups is 1. The number of Topliss-reactive ketones (excluding diaryl/α,β-unsaturated/α-hetero) is 1. The standard InChI is InChI=1S/C25H18FN3O4/c1-33-17-10-7-15(8-11-17)22(30)20-21(14-5-3-2-4-6-14)29(24(32)23(20)31)25-27-18-12-9-16(26)13-19(18)28-25/h2-13,21,30H,1H3,(H,27,28)/b22-20+. The predicted molar refractivity (Wildman–Crippen MR) is 120 cm³/mol. The van der Waals surface area contributed by atoms with Crippen LogP contribution in [0.5, 0.6) is 5.75 Å². The Bertz CT molecular complexity index is 1410. The smallest absolute Gasteiger partial charge is 0.302 e. The Morgan fingerprint density at radius 2 is 1.79 bits per heavy atom. The number of methoxy groups -OCH3 is 1. The highest BCUT2D eigenvalue weighted by Crippen LogP contribution is 2.41. The molecule has 1 atom stereocenters. The fourth-order valence-corrected chi connectivity index (χ4v) is 3.99. The monoisotopic (exact) mass is 443 g/mol. The maximum atomic E-state index is 13.7. The number of benzene rings is 3. The van der Waals surface area contributed by atoms with Crippen molar-refractivity contribution in [3.63, 3.8) is 0 Å². The zero-order valence-electron chi connectivity index (χ0n) is 17.4. The number of hydrogen-bond donors (Lipinski definition) is 2. The molecule has 8 heteroatoms. The summed E-state index contributed by atoms with van der Waals surface area (Å²) in [7, 11) is 1.52. The molecule has 1 aliphatic rings. The van der Waals surface area contributed by atoms with Gasteiger partial charge in [-0.2, -0.15) is 0 Å². The summed E-state index contributed by atoms with van der Waals surface area (Å²) in [5.74, 6) is -1.79. The van der Waals surface area contributed by atoms with E-state index in [2.05, 4.69) is 9.97 Å². The fraction of sp³-hybridized carbons (Fsp3) is 0.0800. The van der Waals surface area contributed by atoms with E-state index in [0.29, 0.717) is 27.9 Å². The van der Waals surface area contributed by atoms with Crippen molar-refractivity contribution in [2.75, 3.05) is 12.0 Å². The molecule has 0 bridgehead atoms. The lowest BCUT2D eigenvalue weighted by Gasteiger charge is -2.23. The maximum absolute atomic E-state index is 13.7. The van der Waals surface area contributed by atoms with E-state index in [0.717, 1.165) is 0 Å². The lowest BCUT2D eigenvalue weighted by Crippen LogP contribution is -2.30. The number of H-pyrrole nitrogens is 1. The average Bonchev–Trinajstić information content (AvgIpc) is 3.37. The number of fused-ring (bicyclic) bond motifs is 1. The molecule has 1 amide bonds. The van der Waals surface area contributed by atoms with Gasteiger partial charge in [-0.1, -0.05) is 30.3 Å².